The van der Waals surface area contributed by atoms with Crippen molar-refractivity contribution in [1.82, 2.24) is 14.7 Å². The zero-order chi connectivity index (χ0) is 13.3. The predicted molar refractivity (Wildman–Crippen MR) is 74.3 cm³/mol. The minimum atomic E-state index is 0.144. The van der Waals surface area contributed by atoms with Gasteiger partial charge < -0.3 is 5.73 Å². The van der Waals surface area contributed by atoms with Gasteiger partial charge in [0.25, 0.3) is 0 Å². The lowest BCUT2D eigenvalue weighted by atomic mass is 9.89. The summed E-state index contributed by atoms with van der Waals surface area (Å²) >= 11 is 0. The third kappa shape index (κ3) is 2.45. The van der Waals surface area contributed by atoms with E-state index in [0.29, 0.717) is 6.04 Å². The molecule has 0 bridgehead atoms. The van der Waals surface area contributed by atoms with Crippen LogP contribution in [0.4, 0.5) is 0 Å². The lowest BCUT2D eigenvalue weighted by Gasteiger charge is -2.47. The van der Waals surface area contributed by atoms with Gasteiger partial charge in [0.2, 0.25) is 0 Å². The van der Waals surface area contributed by atoms with E-state index in [0.717, 1.165) is 19.5 Å². The monoisotopic (exact) mass is 250 g/mol. The molecule has 2 rings (SSSR count). The highest BCUT2D eigenvalue weighted by atomic mass is 15.3. The van der Waals surface area contributed by atoms with Gasteiger partial charge in [-0.15, -0.1) is 0 Å². The Labute approximate surface area is 110 Å². The molecule has 2 heterocycles. The van der Waals surface area contributed by atoms with Crippen LogP contribution in [0.25, 0.3) is 0 Å². The minimum Gasteiger partial charge on any atom is -0.326 e. The smallest absolute Gasteiger partial charge is 0.0674 e. The Morgan fingerprint density at radius 3 is 2.78 bits per heavy atom. The first-order chi connectivity index (χ1) is 8.45. The van der Waals surface area contributed by atoms with Gasteiger partial charge in [0, 0.05) is 24.3 Å². The van der Waals surface area contributed by atoms with Crippen molar-refractivity contribution in [3.05, 3.63) is 18.0 Å². The van der Waals surface area contributed by atoms with Crippen molar-refractivity contribution in [3.63, 3.8) is 0 Å². The van der Waals surface area contributed by atoms with E-state index in [1.165, 1.54) is 12.1 Å². The summed E-state index contributed by atoms with van der Waals surface area (Å²) in [7, 11) is 0. The molecule has 1 aliphatic heterocycles. The zero-order valence-corrected chi connectivity index (χ0v) is 12.1. The molecule has 1 aromatic rings. The first-order valence-corrected chi connectivity index (χ1v) is 6.99. The Balaban J connectivity index is 2.36. The van der Waals surface area contributed by atoms with Crippen LogP contribution in [-0.4, -0.2) is 32.8 Å². The van der Waals surface area contributed by atoms with Crippen LogP contribution in [0.15, 0.2) is 12.3 Å². The van der Waals surface area contributed by atoms with E-state index in [1.807, 2.05) is 6.20 Å². The van der Waals surface area contributed by atoms with Gasteiger partial charge in [0.1, 0.15) is 0 Å². The number of aromatic nitrogens is 2. The summed E-state index contributed by atoms with van der Waals surface area (Å²) in [5.41, 5.74) is 7.81. The molecule has 18 heavy (non-hydrogen) atoms. The van der Waals surface area contributed by atoms with Crippen LogP contribution in [0.5, 0.6) is 0 Å². The Morgan fingerprint density at radius 1 is 1.44 bits per heavy atom. The topological polar surface area (TPSA) is 47.1 Å². The first kappa shape index (κ1) is 13.6. The number of rotatable bonds is 2. The van der Waals surface area contributed by atoms with Crippen LogP contribution >= 0.6 is 0 Å². The van der Waals surface area contributed by atoms with Crippen molar-refractivity contribution in [1.29, 1.82) is 0 Å². The van der Waals surface area contributed by atoms with Crippen LogP contribution in [-0.2, 0) is 6.54 Å². The van der Waals surface area contributed by atoms with Crippen LogP contribution in [0.2, 0.25) is 0 Å². The lowest BCUT2D eigenvalue weighted by Crippen LogP contribution is -2.54. The van der Waals surface area contributed by atoms with Gasteiger partial charge in [-0.1, -0.05) is 0 Å². The second-order valence-electron chi connectivity index (χ2n) is 6.19. The maximum atomic E-state index is 6.40. The molecule has 1 aromatic heterocycles. The van der Waals surface area contributed by atoms with E-state index < -0.39 is 0 Å². The van der Waals surface area contributed by atoms with Crippen LogP contribution in [0.1, 0.15) is 52.3 Å². The maximum absolute atomic E-state index is 6.40. The minimum absolute atomic E-state index is 0.144. The first-order valence-electron chi connectivity index (χ1n) is 6.99. The molecule has 4 heteroatoms. The molecule has 2 unspecified atom stereocenters. The zero-order valence-electron chi connectivity index (χ0n) is 12.1. The van der Waals surface area contributed by atoms with E-state index >= 15 is 0 Å². The van der Waals surface area contributed by atoms with E-state index in [4.69, 9.17) is 5.73 Å². The molecule has 4 nitrogen and oxygen atoms in total. The second kappa shape index (κ2) is 5.02. The number of nitrogens with two attached hydrogens (primary N) is 1. The normalized spacial score (nSPS) is 26.5. The van der Waals surface area contributed by atoms with E-state index in [-0.39, 0.29) is 11.6 Å². The standard InChI is InChI=1S/C14H26N4/c1-5-18-12(8-9-16-18)13-11(15)7-6-10-17(13)14(2,3)4/h8-9,11,13H,5-7,10,15H2,1-4H3. The summed E-state index contributed by atoms with van der Waals surface area (Å²) in [6.07, 6.45) is 4.18. The summed E-state index contributed by atoms with van der Waals surface area (Å²) < 4.78 is 2.08. The number of aryl methyl sites for hydroxylation is 1. The van der Waals surface area contributed by atoms with E-state index in [2.05, 4.69) is 48.4 Å². The average Bonchev–Trinajstić information content (AvgIpc) is 2.75. The highest BCUT2D eigenvalue weighted by molar-refractivity contribution is 5.13. The van der Waals surface area contributed by atoms with Crippen LogP contribution in [0.3, 0.4) is 0 Å². The van der Waals surface area contributed by atoms with E-state index in [9.17, 15) is 0 Å². The molecule has 0 saturated carbocycles. The molecule has 102 valence electrons. The molecule has 0 amide bonds. The van der Waals surface area contributed by atoms with Crippen molar-refractivity contribution >= 4 is 0 Å². The van der Waals surface area contributed by atoms with Crippen molar-refractivity contribution in [2.24, 2.45) is 5.73 Å². The lowest BCUT2D eigenvalue weighted by molar-refractivity contribution is 0.0340. The Bertz CT molecular complexity index is 391. The molecule has 0 radical (unpaired) electrons. The summed E-state index contributed by atoms with van der Waals surface area (Å²) in [5.74, 6) is 0. The molecule has 0 aromatic carbocycles. The molecule has 2 N–H and O–H groups in total. The molecule has 0 aliphatic carbocycles. The number of hydrogen-bond donors (Lipinski definition) is 1. The largest absolute Gasteiger partial charge is 0.326 e. The quantitative estimate of drug-likeness (QED) is 0.875. The van der Waals surface area contributed by atoms with Crippen molar-refractivity contribution in [2.75, 3.05) is 6.54 Å². The Kier molecular flexibility index (Phi) is 3.78. The third-order valence-corrected chi connectivity index (χ3v) is 3.89. The third-order valence-electron chi connectivity index (χ3n) is 3.89. The Hall–Kier alpha value is -0.870. The van der Waals surface area contributed by atoms with Crippen LogP contribution in [0, 0.1) is 0 Å². The SMILES string of the molecule is CCn1nccc1C1C(N)CCCN1C(C)(C)C. The van der Waals surface area contributed by atoms with Gasteiger partial charge in [-0.2, -0.15) is 5.10 Å². The average molecular weight is 250 g/mol. The van der Waals surface area contributed by atoms with Gasteiger partial charge in [0.15, 0.2) is 0 Å². The maximum Gasteiger partial charge on any atom is 0.0674 e. The van der Waals surface area contributed by atoms with Crippen molar-refractivity contribution < 1.29 is 0 Å². The van der Waals surface area contributed by atoms with Crippen LogP contribution < -0.4 is 5.73 Å². The molecular formula is C14H26N4. The summed E-state index contributed by atoms with van der Waals surface area (Å²) in [5, 5.41) is 4.40. The van der Waals surface area contributed by atoms with Gasteiger partial charge in [0.05, 0.1) is 11.7 Å². The second-order valence-corrected chi connectivity index (χ2v) is 6.19. The number of likely N-dealkylation sites (tertiary alicyclic amines) is 1. The summed E-state index contributed by atoms with van der Waals surface area (Å²) in [6.45, 7) is 11.0. The van der Waals surface area contributed by atoms with E-state index in [1.54, 1.807) is 0 Å². The molecule has 2 atom stereocenters. The highest BCUT2D eigenvalue weighted by Gasteiger charge is 2.37. The fourth-order valence-corrected chi connectivity index (χ4v) is 3.02. The number of hydrogen-bond acceptors (Lipinski definition) is 3. The predicted octanol–water partition coefficient (Wildman–Crippen LogP) is 2.17. The van der Waals surface area contributed by atoms with Crippen molar-refractivity contribution in [2.45, 2.75) is 64.7 Å². The van der Waals surface area contributed by atoms with Gasteiger partial charge in [-0.05, 0) is 53.1 Å². The number of nitrogens with zero attached hydrogens (tertiary/aromatic N) is 3. The van der Waals surface area contributed by atoms with Crippen molar-refractivity contribution in [3.8, 4) is 0 Å². The molecular weight excluding hydrogens is 224 g/mol. The van der Waals surface area contributed by atoms with Gasteiger partial charge >= 0.3 is 0 Å². The highest BCUT2D eigenvalue weighted by Crippen LogP contribution is 2.35. The molecule has 1 aliphatic rings. The summed E-state index contributed by atoms with van der Waals surface area (Å²) in [4.78, 5) is 2.53. The molecule has 1 saturated heterocycles. The summed E-state index contributed by atoms with van der Waals surface area (Å²) in [6, 6.07) is 2.62. The molecule has 1 fully saturated rings. The van der Waals surface area contributed by atoms with Gasteiger partial charge in [-0.3, -0.25) is 9.58 Å². The number of piperidine rings is 1. The molecule has 0 spiro atoms. The fraction of sp³-hybridized carbons (Fsp3) is 0.786. The van der Waals surface area contributed by atoms with Gasteiger partial charge in [-0.25, -0.2) is 0 Å². The Morgan fingerprint density at radius 2 is 2.17 bits per heavy atom. The fourth-order valence-electron chi connectivity index (χ4n) is 3.02.